The van der Waals surface area contributed by atoms with Gasteiger partial charge in [-0.15, -0.1) is 0 Å². The molecule has 1 unspecified atom stereocenters. The van der Waals surface area contributed by atoms with E-state index in [1.807, 2.05) is 4.68 Å². The van der Waals surface area contributed by atoms with Gasteiger partial charge in [0.25, 0.3) is 11.5 Å². The average molecular weight is 357 g/mol. The number of carbonyl (C=O) groups is 1. The van der Waals surface area contributed by atoms with Gasteiger partial charge in [0.15, 0.2) is 0 Å². The van der Waals surface area contributed by atoms with Gasteiger partial charge in [-0.2, -0.15) is 5.10 Å². The first-order valence-corrected chi connectivity index (χ1v) is 9.06. The number of hydrogen-bond donors (Lipinski definition) is 2. The van der Waals surface area contributed by atoms with Crippen LogP contribution in [0, 0.1) is 6.92 Å². The molecule has 0 saturated carbocycles. The molecule has 8 heteroatoms. The molecule has 2 N–H and O–H groups in total. The van der Waals surface area contributed by atoms with E-state index >= 15 is 0 Å². The normalized spacial score (nSPS) is 19.0. The monoisotopic (exact) mass is 357 g/mol. The van der Waals surface area contributed by atoms with Crippen LogP contribution in [0.3, 0.4) is 0 Å². The number of aryl methyl sites for hydroxylation is 2. The van der Waals surface area contributed by atoms with Gasteiger partial charge in [-0.1, -0.05) is 0 Å². The van der Waals surface area contributed by atoms with E-state index in [-0.39, 0.29) is 17.2 Å². The molecule has 138 valence electrons. The van der Waals surface area contributed by atoms with E-state index in [9.17, 15) is 9.59 Å². The third-order valence-electron chi connectivity index (χ3n) is 4.95. The van der Waals surface area contributed by atoms with Gasteiger partial charge in [-0.25, -0.2) is 4.68 Å². The number of nitrogens with zero attached hydrogens (tertiary/aromatic N) is 3. The summed E-state index contributed by atoms with van der Waals surface area (Å²) in [5.41, 5.74) is 1.14. The summed E-state index contributed by atoms with van der Waals surface area (Å²) in [5, 5.41) is 10.4. The summed E-state index contributed by atoms with van der Waals surface area (Å²) < 4.78 is 9.01. The summed E-state index contributed by atoms with van der Waals surface area (Å²) in [7, 11) is 0. The summed E-state index contributed by atoms with van der Waals surface area (Å²) >= 11 is 0. The first kappa shape index (κ1) is 16.8. The molecule has 2 aromatic rings. The van der Waals surface area contributed by atoms with Gasteiger partial charge in [0.05, 0.1) is 18.8 Å². The minimum absolute atomic E-state index is 0.0400. The van der Waals surface area contributed by atoms with Gasteiger partial charge in [0, 0.05) is 25.9 Å². The van der Waals surface area contributed by atoms with Crippen molar-refractivity contribution in [2.75, 3.05) is 23.8 Å². The molecule has 1 amide bonds. The third kappa shape index (κ3) is 3.12. The maximum absolute atomic E-state index is 12.8. The van der Waals surface area contributed by atoms with E-state index in [2.05, 4.69) is 15.7 Å². The maximum atomic E-state index is 12.8. The van der Waals surface area contributed by atoms with E-state index in [1.165, 1.54) is 0 Å². The Morgan fingerprint density at radius 2 is 2.35 bits per heavy atom. The van der Waals surface area contributed by atoms with Crippen molar-refractivity contribution in [1.29, 1.82) is 0 Å². The molecule has 0 aliphatic carbocycles. The Hall–Kier alpha value is -2.61. The highest BCUT2D eigenvalue weighted by Crippen LogP contribution is 2.24. The molecule has 4 heterocycles. The van der Waals surface area contributed by atoms with Crippen molar-refractivity contribution < 1.29 is 9.53 Å². The number of amides is 1. The van der Waals surface area contributed by atoms with Gasteiger partial charge in [0.1, 0.15) is 17.1 Å². The van der Waals surface area contributed by atoms with Gasteiger partial charge in [-0.05, 0) is 37.8 Å². The van der Waals surface area contributed by atoms with Crippen LogP contribution in [0.15, 0.2) is 23.3 Å². The zero-order chi connectivity index (χ0) is 18.1. The van der Waals surface area contributed by atoms with Crippen molar-refractivity contribution >= 4 is 17.4 Å². The highest BCUT2D eigenvalue weighted by molar-refractivity contribution is 6.06. The standard InChI is InChI=1S/C18H23N5O3/c1-12-5-8-22(11-13-4-2-9-26-13)18(25)15(12)17(24)21-14-10-20-23-7-3-6-19-16(14)23/h5,8,10,13,19H,2-4,6-7,9,11H2,1H3,(H,21,24). The molecule has 1 saturated heterocycles. The highest BCUT2D eigenvalue weighted by atomic mass is 16.5. The number of nitrogens with one attached hydrogen (secondary N) is 2. The van der Waals surface area contributed by atoms with Crippen LogP contribution in [-0.2, 0) is 17.8 Å². The fourth-order valence-electron chi connectivity index (χ4n) is 3.55. The van der Waals surface area contributed by atoms with Crippen molar-refractivity contribution in [1.82, 2.24) is 14.3 Å². The van der Waals surface area contributed by atoms with Crippen molar-refractivity contribution in [2.45, 2.75) is 45.4 Å². The summed E-state index contributed by atoms with van der Waals surface area (Å²) in [6, 6.07) is 1.80. The van der Waals surface area contributed by atoms with Crippen LogP contribution in [0.2, 0.25) is 0 Å². The molecular weight excluding hydrogens is 334 g/mol. The van der Waals surface area contributed by atoms with Crippen LogP contribution in [0.25, 0.3) is 0 Å². The number of pyridine rings is 1. The SMILES string of the molecule is Cc1ccn(CC2CCCO2)c(=O)c1C(=O)Nc1cnn2c1NCCC2. The molecule has 4 rings (SSSR count). The van der Waals surface area contributed by atoms with Crippen LogP contribution >= 0.6 is 0 Å². The summed E-state index contributed by atoms with van der Waals surface area (Å²) in [6.45, 7) is 4.64. The lowest BCUT2D eigenvalue weighted by Gasteiger charge is -2.17. The van der Waals surface area contributed by atoms with E-state index in [0.29, 0.717) is 17.8 Å². The second kappa shape index (κ2) is 6.95. The summed E-state index contributed by atoms with van der Waals surface area (Å²) in [6.07, 6.45) is 6.34. The topological polar surface area (TPSA) is 90.2 Å². The number of aromatic nitrogens is 3. The molecule has 26 heavy (non-hydrogen) atoms. The maximum Gasteiger partial charge on any atom is 0.263 e. The first-order valence-electron chi connectivity index (χ1n) is 9.06. The second-order valence-electron chi connectivity index (χ2n) is 6.83. The van der Waals surface area contributed by atoms with Gasteiger partial charge in [0.2, 0.25) is 0 Å². The molecule has 0 spiro atoms. The van der Waals surface area contributed by atoms with Crippen LogP contribution < -0.4 is 16.2 Å². The van der Waals surface area contributed by atoms with Crippen LogP contribution in [0.1, 0.15) is 35.2 Å². The van der Waals surface area contributed by atoms with E-state index in [0.717, 1.165) is 44.8 Å². The lowest BCUT2D eigenvalue weighted by molar-refractivity contribution is 0.0952. The molecule has 2 aliphatic rings. The van der Waals surface area contributed by atoms with Crippen molar-refractivity contribution in [3.63, 3.8) is 0 Å². The Bertz CT molecular complexity index is 879. The smallest absolute Gasteiger partial charge is 0.263 e. The summed E-state index contributed by atoms with van der Waals surface area (Å²) in [4.78, 5) is 25.7. The molecule has 2 aliphatic heterocycles. The van der Waals surface area contributed by atoms with Gasteiger partial charge >= 0.3 is 0 Å². The Morgan fingerprint density at radius 3 is 3.15 bits per heavy atom. The Labute approximate surface area is 151 Å². The molecule has 0 aromatic carbocycles. The number of fused-ring (bicyclic) bond motifs is 1. The highest BCUT2D eigenvalue weighted by Gasteiger charge is 2.22. The molecule has 1 fully saturated rings. The van der Waals surface area contributed by atoms with Crippen LogP contribution in [-0.4, -0.2) is 39.5 Å². The minimum atomic E-state index is -0.405. The van der Waals surface area contributed by atoms with Crippen LogP contribution in [0.4, 0.5) is 11.5 Å². The van der Waals surface area contributed by atoms with Crippen molar-refractivity contribution in [3.05, 3.63) is 39.9 Å². The van der Waals surface area contributed by atoms with Crippen molar-refractivity contribution in [2.24, 2.45) is 0 Å². The molecule has 0 bridgehead atoms. The predicted octanol–water partition coefficient (Wildman–Crippen LogP) is 1.60. The zero-order valence-electron chi connectivity index (χ0n) is 14.8. The Balaban J connectivity index is 1.59. The fourth-order valence-corrected chi connectivity index (χ4v) is 3.55. The lowest BCUT2D eigenvalue weighted by Crippen LogP contribution is -2.33. The second-order valence-corrected chi connectivity index (χ2v) is 6.83. The predicted molar refractivity (Wildman–Crippen MR) is 97.7 cm³/mol. The third-order valence-corrected chi connectivity index (χ3v) is 4.95. The number of rotatable bonds is 4. The average Bonchev–Trinajstić information content (AvgIpc) is 3.28. The molecule has 0 radical (unpaired) electrons. The van der Waals surface area contributed by atoms with Gasteiger partial charge < -0.3 is 19.9 Å². The molecular formula is C18H23N5O3. The largest absolute Gasteiger partial charge is 0.376 e. The number of ether oxygens (including phenoxy) is 1. The first-order chi connectivity index (χ1) is 12.6. The number of carbonyl (C=O) groups excluding carboxylic acids is 1. The zero-order valence-corrected chi connectivity index (χ0v) is 14.8. The molecule has 8 nitrogen and oxygen atoms in total. The fraction of sp³-hybridized carbons (Fsp3) is 0.500. The van der Waals surface area contributed by atoms with Gasteiger partial charge in [-0.3, -0.25) is 9.59 Å². The van der Waals surface area contributed by atoms with Crippen LogP contribution in [0.5, 0.6) is 0 Å². The lowest BCUT2D eigenvalue weighted by atomic mass is 10.1. The Morgan fingerprint density at radius 1 is 1.46 bits per heavy atom. The number of anilines is 2. The Kier molecular flexibility index (Phi) is 4.50. The van der Waals surface area contributed by atoms with Crippen molar-refractivity contribution in [3.8, 4) is 0 Å². The molecule has 1 atom stereocenters. The summed E-state index contributed by atoms with van der Waals surface area (Å²) in [5.74, 6) is 0.384. The molecule has 2 aromatic heterocycles. The van der Waals surface area contributed by atoms with E-state index < -0.39 is 5.91 Å². The number of hydrogen-bond acceptors (Lipinski definition) is 5. The van der Waals surface area contributed by atoms with E-state index in [4.69, 9.17) is 4.74 Å². The van der Waals surface area contributed by atoms with E-state index in [1.54, 1.807) is 30.0 Å². The minimum Gasteiger partial charge on any atom is -0.376 e. The quantitative estimate of drug-likeness (QED) is 0.867.